The van der Waals surface area contributed by atoms with Crippen LogP contribution in [0.2, 0.25) is 0 Å². The monoisotopic (exact) mass is 1110 g/mol. The standard InChI is InChI=1S/C42H71N3O31/c1-10(51)43-19-27(59)33(16(7-49)67-37(19)65)73-39-21(45-12(3)53)28(60)34(17(8-50)71-39)74-41-32(64)35(75-40-31(63)29(61)23(55)14(5-47)69-40)25(57)18(72-41)9-66-42-36(30(62)24(56)15(6-48)70-42)76-38-20(44-11(2)52)26(58)22(54)13(4-46)68-38/h13-42,46-50,54-65H,4-9H2,1-3H3,(H,43,51)(H,44,52)(H,45,53)/t13-,14-,15-,16-,17-,18-,19-,20-,21-,22-,23-,24-,25-,26-,27-,28-,29+,30+,31+,32+,33-,34-,35+,36+,37-,38+,39+,40+,41+,42+/m1/s1. The zero-order valence-corrected chi connectivity index (χ0v) is 40.9. The van der Waals surface area contributed by atoms with Crippen LogP contribution in [0.25, 0.3) is 0 Å². The van der Waals surface area contributed by atoms with Gasteiger partial charge in [0, 0.05) is 20.8 Å². The number of ether oxygens (including phenoxy) is 11. The largest absolute Gasteiger partial charge is 0.394 e. The lowest BCUT2D eigenvalue weighted by Gasteiger charge is -2.50. The molecule has 0 spiro atoms. The summed E-state index contributed by atoms with van der Waals surface area (Å²) in [5.41, 5.74) is 0. The van der Waals surface area contributed by atoms with E-state index in [9.17, 15) is 101 Å². The SMILES string of the molecule is CC(=O)N[C@@H]1[C@@H](O)[C@H](O[C@@H]2O[C@H](CO)[C@@H](O[C@@H]3O[C@H](CO[C@H]4O[C@H](CO)[C@@H](O)[C@H](O)[C@@H]4O[C@@H]4O[C@H](CO)[C@@H](O)[C@H](O)[C@H]4NC(C)=O)[C@@H](O)[C@H](O[C@@H]4O[C@H](CO)[C@@H](O)[C@H](O)[C@@H]4O)[C@@H]3O)[C@H](O)[C@H]2NC(C)=O)[C@@H](CO)O[C@H]1O. The van der Waals surface area contributed by atoms with E-state index in [0.717, 1.165) is 20.8 Å². The number of hydrogen-bond acceptors (Lipinski definition) is 31. The molecule has 6 rings (SSSR count). The fourth-order valence-corrected chi connectivity index (χ4v) is 9.60. The number of hydrogen-bond donors (Lipinski definition) is 20. The van der Waals surface area contributed by atoms with E-state index in [4.69, 9.17) is 52.1 Å². The van der Waals surface area contributed by atoms with E-state index in [1.165, 1.54) is 0 Å². The Labute approximate surface area is 431 Å². The minimum absolute atomic E-state index is 0.721. The van der Waals surface area contributed by atoms with Crippen LogP contribution in [0, 0.1) is 0 Å². The lowest BCUT2D eigenvalue weighted by Crippen LogP contribution is -2.70. The quantitative estimate of drug-likeness (QED) is 0.0571. The Morgan fingerprint density at radius 3 is 1.24 bits per heavy atom. The zero-order valence-electron chi connectivity index (χ0n) is 40.9. The highest BCUT2D eigenvalue weighted by Gasteiger charge is 2.57. The van der Waals surface area contributed by atoms with Crippen LogP contribution < -0.4 is 16.0 Å². The lowest BCUT2D eigenvalue weighted by molar-refractivity contribution is -0.387. The Balaban J connectivity index is 1.30. The normalized spacial score (nSPS) is 48.2. The van der Waals surface area contributed by atoms with Crippen molar-refractivity contribution in [2.45, 2.75) is 205 Å². The summed E-state index contributed by atoms with van der Waals surface area (Å²) in [6, 6.07) is -4.92. The number of aliphatic hydroxyl groups is 17. The summed E-state index contributed by atoms with van der Waals surface area (Å²) in [6.45, 7) is -2.65. The van der Waals surface area contributed by atoms with Gasteiger partial charge in [-0.1, -0.05) is 0 Å². The van der Waals surface area contributed by atoms with E-state index in [1.54, 1.807) is 0 Å². The van der Waals surface area contributed by atoms with Crippen molar-refractivity contribution < 1.29 is 153 Å². The molecule has 0 aromatic rings. The molecule has 0 bridgehead atoms. The lowest BCUT2D eigenvalue weighted by atomic mass is 9.94. The molecular formula is C42H71N3O31. The molecule has 34 heteroatoms. The molecule has 440 valence electrons. The predicted octanol–water partition coefficient (Wildman–Crippen LogP) is -13.7. The van der Waals surface area contributed by atoms with Crippen molar-refractivity contribution in [3.05, 3.63) is 0 Å². The average Bonchev–Trinajstić information content (AvgIpc) is 3.38. The first-order valence-electron chi connectivity index (χ1n) is 24.1. The summed E-state index contributed by atoms with van der Waals surface area (Å²) >= 11 is 0. The highest BCUT2D eigenvalue weighted by molar-refractivity contribution is 5.74. The Kier molecular flexibility index (Phi) is 22.3. The number of carbonyl (C=O) groups is 3. The third kappa shape index (κ3) is 13.7. The van der Waals surface area contributed by atoms with Gasteiger partial charge in [-0.3, -0.25) is 14.4 Å². The molecule has 20 N–H and O–H groups in total. The first kappa shape index (κ1) is 62.5. The van der Waals surface area contributed by atoms with Crippen LogP contribution in [0.3, 0.4) is 0 Å². The second kappa shape index (κ2) is 27.2. The van der Waals surface area contributed by atoms with E-state index in [0.29, 0.717) is 0 Å². The van der Waals surface area contributed by atoms with Crippen LogP contribution in [0.5, 0.6) is 0 Å². The number of rotatable bonds is 19. The molecule has 0 radical (unpaired) electrons. The van der Waals surface area contributed by atoms with Crippen LogP contribution in [0.4, 0.5) is 0 Å². The van der Waals surface area contributed by atoms with Crippen molar-refractivity contribution >= 4 is 17.7 Å². The molecule has 0 aliphatic carbocycles. The van der Waals surface area contributed by atoms with E-state index in [-0.39, 0.29) is 0 Å². The highest BCUT2D eigenvalue weighted by Crippen LogP contribution is 2.36. The average molecular weight is 1110 g/mol. The van der Waals surface area contributed by atoms with Gasteiger partial charge in [-0.15, -0.1) is 0 Å². The molecule has 6 saturated heterocycles. The second-order valence-corrected chi connectivity index (χ2v) is 19.0. The fourth-order valence-electron chi connectivity index (χ4n) is 9.60. The smallest absolute Gasteiger partial charge is 0.217 e. The summed E-state index contributed by atoms with van der Waals surface area (Å²) in [4.78, 5) is 36.7. The minimum Gasteiger partial charge on any atom is -0.394 e. The molecule has 6 heterocycles. The van der Waals surface area contributed by atoms with Crippen molar-refractivity contribution in [2.24, 2.45) is 0 Å². The maximum Gasteiger partial charge on any atom is 0.217 e. The van der Waals surface area contributed by atoms with Gasteiger partial charge >= 0.3 is 0 Å². The van der Waals surface area contributed by atoms with Crippen LogP contribution in [-0.4, -0.2) is 328 Å². The van der Waals surface area contributed by atoms with Crippen LogP contribution in [0.1, 0.15) is 20.8 Å². The van der Waals surface area contributed by atoms with Gasteiger partial charge in [0.25, 0.3) is 0 Å². The number of aliphatic hydroxyl groups excluding tert-OH is 17. The molecule has 34 nitrogen and oxygen atoms in total. The van der Waals surface area contributed by atoms with Gasteiger partial charge in [0.1, 0.15) is 146 Å². The molecule has 6 aliphatic rings. The Morgan fingerprint density at radius 2 is 0.711 bits per heavy atom. The Morgan fingerprint density at radius 1 is 0.342 bits per heavy atom. The zero-order chi connectivity index (χ0) is 56.2. The predicted molar refractivity (Wildman–Crippen MR) is 234 cm³/mol. The molecule has 0 saturated carbocycles. The van der Waals surface area contributed by atoms with Crippen LogP contribution >= 0.6 is 0 Å². The van der Waals surface area contributed by atoms with Crippen molar-refractivity contribution in [1.29, 1.82) is 0 Å². The van der Waals surface area contributed by atoms with Gasteiger partial charge in [-0.05, 0) is 0 Å². The van der Waals surface area contributed by atoms with Crippen molar-refractivity contribution in [1.82, 2.24) is 16.0 Å². The third-order valence-electron chi connectivity index (χ3n) is 13.6. The van der Waals surface area contributed by atoms with E-state index in [1.807, 2.05) is 0 Å². The van der Waals surface area contributed by atoms with Gasteiger partial charge in [-0.25, -0.2) is 0 Å². The number of amides is 3. The highest BCUT2D eigenvalue weighted by atomic mass is 16.8. The van der Waals surface area contributed by atoms with E-state index >= 15 is 0 Å². The molecule has 3 amide bonds. The summed E-state index contributed by atoms with van der Waals surface area (Å²) in [6.07, 6.45) is -51.6. The van der Waals surface area contributed by atoms with E-state index < -0.39 is 241 Å². The molecule has 6 fully saturated rings. The number of carbonyl (C=O) groups excluding carboxylic acids is 3. The summed E-state index contributed by atoms with van der Waals surface area (Å²) in [7, 11) is 0. The molecule has 6 aliphatic heterocycles. The molecule has 0 aromatic heterocycles. The Bertz CT molecular complexity index is 1870. The van der Waals surface area contributed by atoms with Gasteiger partial charge in [0.05, 0.1) is 39.6 Å². The molecule has 0 unspecified atom stereocenters. The molecule has 0 aromatic carbocycles. The maximum atomic E-state index is 12.6. The third-order valence-corrected chi connectivity index (χ3v) is 13.6. The van der Waals surface area contributed by atoms with Gasteiger partial charge < -0.3 is 155 Å². The number of nitrogens with one attached hydrogen (secondary N) is 3. The second-order valence-electron chi connectivity index (χ2n) is 19.0. The van der Waals surface area contributed by atoms with Crippen LogP contribution in [-0.2, 0) is 66.5 Å². The van der Waals surface area contributed by atoms with E-state index in [2.05, 4.69) is 16.0 Å². The summed E-state index contributed by atoms with van der Waals surface area (Å²) in [5.74, 6) is -2.33. The van der Waals surface area contributed by atoms with Crippen LogP contribution in [0.15, 0.2) is 0 Å². The fraction of sp³-hybridized carbons (Fsp3) is 0.929. The first-order valence-corrected chi connectivity index (χ1v) is 24.1. The molecular weight excluding hydrogens is 1040 g/mol. The topological polar surface area (TPSA) is 533 Å². The van der Waals surface area contributed by atoms with Gasteiger partial charge in [-0.2, -0.15) is 0 Å². The minimum atomic E-state index is -2.29. The maximum absolute atomic E-state index is 12.6. The summed E-state index contributed by atoms with van der Waals surface area (Å²) in [5, 5.41) is 190. The Hall–Kier alpha value is -2.71. The molecule has 76 heavy (non-hydrogen) atoms. The van der Waals surface area contributed by atoms with Crippen molar-refractivity contribution in [3.8, 4) is 0 Å². The molecule has 30 atom stereocenters. The van der Waals surface area contributed by atoms with Gasteiger partial charge in [0.15, 0.2) is 37.7 Å². The van der Waals surface area contributed by atoms with Crippen molar-refractivity contribution in [3.63, 3.8) is 0 Å². The summed E-state index contributed by atoms with van der Waals surface area (Å²) < 4.78 is 63.6. The van der Waals surface area contributed by atoms with Crippen molar-refractivity contribution in [2.75, 3.05) is 39.6 Å². The first-order chi connectivity index (χ1) is 35.9. The van der Waals surface area contributed by atoms with Gasteiger partial charge in [0.2, 0.25) is 17.7 Å².